The predicted octanol–water partition coefficient (Wildman–Crippen LogP) is 0.997. The summed E-state index contributed by atoms with van der Waals surface area (Å²) in [5, 5.41) is 0. The Bertz CT molecular complexity index is 255. The van der Waals surface area contributed by atoms with Crippen molar-refractivity contribution >= 4 is 5.91 Å². The van der Waals surface area contributed by atoms with E-state index in [4.69, 9.17) is 10.5 Å². The molecule has 0 bridgehead atoms. The number of nitrogens with two attached hydrogens (primary N) is 1. The zero-order chi connectivity index (χ0) is 12.3. The van der Waals surface area contributed by atoms with Crippen LogP contribution in [0.4, 0.5) is 0 Å². The summed E-state index contributed by atoms with van der Waals surface area (Å²) >= 11 is 0. The van der Waals surface area contributed by atoms with Crippen LogP contribution in [0.3, 0.4) is 0 Å². The number of hydrogen-bond acceptors (Lipinski definition) is 3. The lowest BCUT2D eigenvalue weighted by Crippen LogP contribution is -2.54. The van der Waals surface area contributed by atoms with E-state index in [2.05, 4.69) is 0 Å². The van der Waals surface area contributed by atoms with Gasteiger partial charge in [-0.2, -0.15) is 0 Å². The lowest BCUT2D eigenvalue weighted by Gasteiger charge is -2.40. The normalized spacial score (nSPS) is 28.2. The number of nitrogens with zero attached hydrogens (tertiary/aromatic N) is 1. The molecule has 0 aromatic heterocycles. The van der Waals surface area contributed by atoms with Crippen molar-refractivity contribution in [2.45, 2.75) is 45.3 Å². The van der Waals surface area contributed by atoms with Crippen LogP contribution in [0.5, 0.6) is 0 Å². The van der Waals surface area contributed by atoms with E-state index in [1.54, 1.807) is 7.11 Å². The molecular weight excluding hydrogens is 204 g/mol. The third-order valence-electron chi connectivity index (χ3n) is 3.47. The van der Waals surface area contributed by atoms with Gasteiger partial charge < -0.3 is 15.4 Å². The van der Waals surface area contributed by atoms with Gasteiger partial charge in [-0.3, -0.25) is 4.79 Å². The third-order valence-corrected chi connectivity index (χ3v) is 3.47. The first-order valence-electron chi connectivity index (χ1n) is 5.99. The Kier molecular flexibility index (Phi) is 4.33. The van der Waals surface area contributed by atoms with E-state index in [-0.39, 0.29) is 23.5 Å². The number of piperidine rings is 1. The molecule has 0 aromatic rings. The molecule has 1 unspecified atom stereocenters. The maximum Gasteiger partial charge on any atom is 0.239 e. The van der Waals surface area contributed by atoms with Crippen LogP contribution in [0.2, 0.25) is 0 Å². The standard InChI is InChI=1S/C12H24N2O2/c1-9(2)10(13)11(15)14-7-5-6-12(3,8-14)16-4/h9-10H,5-8,13H2,1-4H3/t10-,12?/m1/s1. The fraction of sp³-hybridized carbons (Fsp3) is 0.917. The molecule has 0 spiro atoms. The summed E-state index contributed by atoms with van der Waals surface area (Å²) in [4.78, 5) is 13.9. The Morgan fingerprint density at radius 1 is 1.50 bits per heavy atom. The van der Waals surface area contributed by atoms with Gasteiger partial charge in [-0.1, -0.05) is 13.8 Å². The average Bonchev–Trinajstić information content (AvgIpc) is 2.27. The van der Waals surface area contributed by atoms with Gasteiger partial charge in [0.2, 0.25) is 5.91 Å². The zero-order valence-electron chi connectivity index (χ0n) is 10.8. The summed E-state index contributed by atoms with van der Waals surface area (Å²) in [5.74, 6) is 0.237. The maximum absolute atomic E-state index is 12.1. The molecule has 0 aliphatic carbocycles. The van der Waals surface area contributed by atoms with Crippen molar-refractivity contribution in [2.75, 3.05) is 20.2 Å². The monoisotopic (exact) mass is 228 g/mol. The maximum atomic E-state index is 12.1. The van der Waals surface area contributed by atoms with Crippen molar-refractivity contribution in [2.24, 2.45) is 11.7 Å². The van der Waals surface area contributed by atoms with Crippen molar-refractivity contribution < 1.29 is 9.53 Å². The highest BCUT2D eigenvalue weighted by Crippen LogP contribution is 2.24. The van der Waals surface area contributed by atoms with E-state index in [0.29, 0.717) is 6.54 Å². The highest BCUT2D eigenvalue weighted by atomic mass is 16.5. The van der Waals surface area contributed by atoms with Crippen molar-refractivity contribution in [3.63, 3.8) is 0 Å². The summed E-state index contributed by atoms with van der Waals surface area (Å²) < 4.78 is 5.46. The number of hydrogen-bond donors (Lipinski definition) is 1. The SMILES string of the molecule is COC1(C)CCCN(C(=O)[C@H](N)C(C)C)C1. The van der Waals surface area contributed by atoms with E-state index in [1.807, 2.05) is 25.7 Å². The van der Waals surface area contributed by atoms with Gasteiger partial charge in [0.05, 0.1) is 11.6 Å². The van der Waals surface area contributed by atoms with E-state index in [9.17, 15) is 4.79 Å². The van der Waals surface area contributed by atoms with Crippen LogP contribution in [-0.4, -0.2) is 42.6 Å². The lowest BCUT2D eigenvalue weighted by molar-refractivity contribution is -0.141. The fourth-order valence-electron chi connectivity index (χ4n) is 2.06. The summed E-state index contributed by atoms with van der Waals surface area (Å²) in [6, 6.07) is -0.390. The first-order valence-corrected chi connectivity index (χ1v) is 5.99. The Morgan fingerprint density at radius 3 is 2.62 bits per heavy atom. The van der Waals surface area contributed by atoms with Crippen LogP contribution in [-0.2, 0) is 9.53 Å². The number of ether oxygens (including phenoxy) is 1. The summed E-state index contributed by atoms with van der Waals surface area (Å²) in [6.07, 6.45) is 1.99. The number of rotatable bonds is 3. The van der Waals surface area contributed by atoms with E-state index < -0.39 is 0 Å². The molecule has 1 aliphatic heterocycles. The number of amides is 1. The molecule has 0 aromatic carbocycles. The van der Waals surface area contributed by atoms with Crippen LogP contribution in [0.1, 0.15) is 33.6 Å². The van der Waals surface area contributed by atoms with Gasteiger partial charge in [0.15, 0.2) is 0 Å². The fourth-order valence-corrected chi connectivity index (χ4v) is 2.06. The molecule has 0 radical (unpaired) electrons. The molecule has 1 heterocycles. The van der Waals surface area contributed by atoms with E-state index in [1.165, 1.54) is 0 Å². The summed E-state index contributed by atoms with van der Waals surface area (Å²) in [7, 11) is 1.70. The molecule has 94 valence electrons. The first-order chi connectivity index (χ1) is 7.39. The Balaban J connectivity index is 2.64. The number of carbonyl (C=O) groups excluding carboxylic acids is 1. The Hall–Kier alpha value is -0.610. The minimum Gasteiger partial charge on any atom is -0.377 e. The molecule has 1 saturated heterocycles. The molecule has 2 N–H and O–H groups in total. The molecule has 2 atom stereocenters. The molecule has 4 heteroatoms. The van der Waals surface area contributed by atoms with Crippen molar-refractivity contribution in [1.29, 1.82) is 0 Å². The average molecular weight is 228 g/mol. The lowest BCUT2D eigenvalue weighted by atomic mass is 9.93. The van der Waals surface area contributed by atoms with E-state index >= 15 is 0 Å². The molecule has 0 saturated carbocycles. The van der Waals surface area contributed by atoms with Crippen LogP contribution in [0.25, 0.3) is 0 Å². The minimum atomic E-state index is -0.390. The van der Waals surface area contributed by atoms with E-state index in [0.717, 1.165) is 19.4 Å². The number of likely N-dealkylation sites (tertiary alicyclic amines) is 1. The predicted molar refractivity (Wildman–Crippen MR) is 64.0 cm³/mol. The smallest absolute Gasteiger partial charge is 0.239 e. The Labute approximate surface area is 98.1 Å². The summed E-state index contributed by atoms with van der Waals surface area (Å²) in [5.41, 5.74) is 5.69. The van der Waals surface area contributed by atoms with Crippen molar-refractivity contribution in [1.82, 2.24) is 4.90 Å². The van der Waals surface area contributed by atoms with Crippen LogP contribution in [0, 0.1) is 5.92 Å². The topological polar surface area (TPSA) is 55.6 Å². The summed E-state index contributed by atoms with van der Waals surface area (Å²) in [6.45, 7) is 7.46. The molecule has 1 rings (SSSR count). The number of methoxy groups -OCH3 is 1. The highest BCUT2D eigenvalue weighted by molar-refractivity contribution is 5.82. The number of carbonyl (C=O) groups is 1. The van der Waals surface area contributed by atoms with Gasteiger partial charge in [0, 0.05) is 20.2 Å². The molecule has 4 nitrogen and oxygen atoms in total. The van der Waals surface area contributed by atoms with Gasteiger partial charge in [-0.25, -0.2) is 0 Å². The van der Waals surface area contributed by atoms with Crippen molar-refractivity contribution in [3.8, 4) is 0 Å². The first kappa shape index (κ1) is 13.5. The Morgan fingerprint density at radius 2 is 2.12 bits per heavy atom. The van der Waals surface area contributed by atoms with Gasteiger partial charge >= 0.3 is 0 Å². The molecule has 1 amide bonds. The zero-order valence-corrected chi connectivity index (χ0v) is 10.8. The van der Waals surface area contributed by atoms with Crippen LogP contribution < -0.4 is 5.73 Å². The van der Waals surface area contributed by atoms with Crippen molar-refractivity contribution in [3.05, 3.63) is 0 Å². The quantitative estimate of drug-likeness (QED) is 0.784. The van der Waals surface area contributed by atoms with Gasteiger partial charge in [-0.15, -0.1) is 0 Å². The second-order valence-electron chi connectivity index (χ2n) is 5.29. The molecular formula is C12H24N2O2. The van der Waals surface area contributed by atoms with Gasteiger partial charge in [0.25, 0.3) is 0 Å². The molecule has 16 heavy (non-hydrogen) atoms. The highest BCUT2D eigenvalue weighted by Gasteiger charge is 2.35. The molecule has 1 fully saturated rings. The second-order valence-corrected chi connectivity index (χ2v) is 5.29. The third kappa shape index (κ3) is 2.95. The van der Waals surface area contributed by atoms with Gasteiger partial charge in [-0.05, 0) is 25.7 Å². The minimum absolute atomic E-state index is 0.0537. The van der Waals surface area contributed by atoms with Crippen LogP contribution in [0.15, 0.2) is 0 Å². The second kappa shape index (κ2) is 5.15. The van der Waals surface area contributed by atoms with Crippen LogP contribution >= 0.6 is 0 Å². The van der Waals surface area contributed by atoms with Gasteiger partial charge in [0.1, 0.15) is 0 Å². The largest absolute Gasteiger partial charge is 0.377 e. The molecule has 1 aliphatic rings.